The first kappa shape index (κ1) is 14.0. The summed E-state index contributed by atoms with van der Waals surface area (Å²) in [6.45, 7) is 0.795. The van der Waals surface area contributed by atoms with E-state index in [1.165, 1.54) is 5.56 Å². The minimum atomic E-state index is 0. The maximum Gasteiger partial charge on any atom is 1.00 e. The van der Waals surface area contributed by atoms with Gasteiger partial charge in [0.25, 0.3) is 0 Å². The van der Waals surface area contributed by atoms with Gasteiger partial charge in [-0.3, -0.25) is 0 Å². The molecule has 0 radical (unpaired) electrons. The molecule has 4 heteroatoms. The quantitative estimate of drug-likeness (QED) is 0.366. The van der Waals surface area contributed by atoms with Gasteiger partial charge in [-0.1, -0.05) is 34.7 Å². The maximum absolute atomic E-state index is 4.86. The number of thiocarbonyl (C=S) groups is 1. The molecule has 0 aromatic heterocycles. The first-order chi connectivity index (χ1) is 5.70. The van der Waals surface area contributed by atoms with Crippen LogP contribution in [0.25, 0.3) is 0 Å². The van der Waals surface area contributed by atoms with Gasteiger partial charge in [-0.25, -0.2) is 0 Å². The predicted octanol–water partition coefficient (Wildman–Crippen LogP) is -1.05. The van der Waals surface area contributed by atoms with Crippen LogP contribution in [0.1, 0.15) is 5.56 Å². The predicted molar refractivity (Wildman–Crippen MR) is 57.9 cm³/mol. The Hall–Kier alpha value is 0.966. The number of hydrogen-bond donors (Lipinski definition) is 0. The third-order valence-corrected chi connectivity index (χ3v) is 2.20. The number of nitrogens with zero attached hydrogens (tertiary/aromatic N) is 1. The summed E-state index contributed by atoms with van der Waals surface area (Å²) in [7, 11) is 1.91. The number of hydrogen-bond acceptors (Lipinski definition) is 2. The fourth-order valence-corrected chi connectivity index (χ4v) is 1.05. The second kappa shape index (κ2) is 7.28. The zero-order valence-corrected chi connectivity index (χ0v) is 12.6. The van der Waals surface area contributed by atoms with Crippen LogP contribution in [0, 0.1) is 0 Å². The van der Waals surface area contributed by atoms with Crippen molar-refractivity contribution in [2.75, 3.05) is 7.05 Å². The second-order valence-electron chi connectivity index (χ2n) is 2.61. The van der Waals surface area contributed by atoms with Crippen LogP contribution in [0.4, 0.5) is 0 Å². The van der Waals surface area contributed by atoms with Crippen molar-refractivity contribution in [3.8, 4) is 0 Å². The Morgan fingerprint density at radius 2 is 1.92 bits per heavy atom. The van der Waals surface area contributed by atoms with Gasteiger partial charge in [-0.05, 0) is 5.56 Å². The third-order valence-electron chi connectivity index (χ3n) is 1.57. The molecule has 0 N–H and O–H groups in total. The summed E-state index contributed by atoms with van der Waals surface area (Å²) in [6.07, 6.45) is 0. The zero-order valence-electron chi connectivity index (χ0n) is 7.86. The molecule has 13 heavy (non-hydrogen) atoms. The van der Waals surface area contributed by atoms with Crippen molar-refractivity contribution in [2.24, 2.45) is 0 Å². The number of rotatable bonds is 2. The summed E-state index contributed by atoms with van der Waals surface area (Å²) in [5.41, 5.74) is 1.23. The van der Waals surface area contributed by atoms with Gasteiger partial charge in [0.1, 0.15) is 0 Å². The van der Waals surface area contributed by atoms with Gasteiger partial charge in [0, 0.05) is 13.6 Å². The van der Waals surface area contributed by atoms with Crippen LogP contribution in [-0.4, -0.2) is 16.3 Å². The molecule has 0 aliphatic rings. The van der Waals surface area contributed by atoms with E-state index in [1.54, 1.807) is 0 Å². The molecule has 0 unspecified atom stereocenters. The van der Waals surface area contributed by atoms with E-state index in [0.717, 1.165) is 6.54 Å². The first-order valence-electron chi connectivity index (χ1n) is 3.66. The summed E-state index contributed by atoms with van der Waals surface area (Å²) in [5.74, 6) is 0. The molecule has 0 fully saturated rings. The molecule has 1 aromatic carbocycles. The van der Waals surface area contributed by atoms with Gasteiger partial charge in [0.2, 0.25) is 0 Å². The molecule has 0 saturated carbocycles. The van der Waals surface area contributed by atoms with Crippen LogP contribution in [0.2, 0.25) is 0 Å². The summed E-state index contributed by atoms with van der Waals surface area (Å²) in [5, 5.41) is 0. The molecule has 0 atom stereocenters. The minimum absolute atomic E-state index is 0. The van der Waals surface area contributed by atoms with E-state index in [4.69, 9.17) is 24.8 Å². The number of benzene rings is 1. The van der Waals surface area contributed by atoms with Crippen molar-refractivity contribution in [3.05, 3.63) is 35.9 Å². The van der Waals surface area contributed by atoms with Crippen molar-refractivity contribution in [1.29, 1.82) is 0 Å². The van der Waals surface area contributed by atoms with Crippen molar-refractivity contribution >= 4 is 29.2 Å². The largest absolute Gasteiger partial charge is 1.00 e. The average molecular weight is 235 g/mol. The third kappa shape index (κ3) is 5.42. The van der Waals surface area contributed by atoms with Crippen LogP contribution >= 0.6 is 12.2 Å². The molecule has 1 rings (SSSR count). The van der Waals surface area contributed by atoms with Gasteiger partial charge >= 0.3 is 51.4 Å². The van der Waals surface area contributed by atoms with Gasteiger partial charge in [0.05, 0.1) is 0 Å². The van der Waals surface area contributed by atoms with E-state index >= 15 is 0 Å². The minimum Gasteiger partial charge on any atom is -0.411 e. The molecule has 0 amide bonds. The smallest absolute Gasteiger partial charge is 0.411 e. The SMILES string of the molecule is CN(Cc1ccccc1)C(=S)[S-].[K+]. The molecule has 0 aliphatic heterocycles. The molecule has 0 aliphatic carbocycles. The van der Waals surface area contributed by atoms with Gasteiger partial charge in [-0.15, -0.1) is 0 Å². The van der Waals surface area contributed by atoms with E-state index in [2.05, 4.69) is 12.1 Å². The van der Waals surface area contributed by atoms with Crippen LogP contribution in [-0.2, 0) is 19.2 Å². The molecule has 1 aromatic rings. The van der Waals surface area contributed by atoms with Crippen LogP contribution in [0.3, 0.4) is 0 Å². The summed E-state index contributed by atoms with van der Waals surface area (Å²) >= 11 is 9.72. The Morgan fingerprint density at radius 3 is 2.38 bits per heavy atom. The molecule has 64 valence electrons. The fourth-order valence-electron chi connectivity index (χ4n) is 0.922. The maximum atomic E-state index is 4.86. The van der Waals surface area contributed by atoms with Gasteiger partial charge < -0.3 is 29.7 Å². The van der Waals surface area contributed by atoms with E-state index in [1.807, 2.05) is 30.1 Å². The fraction of sp³-hybridized carbons (Fsp3) is 0.222. The van der Waals surface area contributed by atoms with Gasteiger partial charge in [-0.2, -0.15) is 0 Å². The Bertz CT molecular complexity index is 264. The van der Waals surface area contributed by atoms with Crippen LogP contribution in [0.15, 0.2) is 30.3 Å². The molecular formula is C9H10KNS2. The standard InChI is InChI=1S/C9H11NS2.K/c1-10(9(11)12)7-8-5-3-2-4-6-8;/h2-6H,7H2,1H3,(H,11,12);/q;+1/p-1. The Kier molecular flexibility index (Phi) is 7.82. The van der Waals surface area contributed by atoms with Crippen molar-refractivity contribution in [1.82, 2.24) is 4.90 Å². The van der Waals surface area contributed by atoms with E-state index in [0.29, 0.717) is 4.32 Å². The molecule has 0 heterocycles. The Balaban J connectivity index is 0.00000144. The van der Waals surface area contributed by atoms with Crippen molar-refractivity contribution in [3.63, 3.8) is 0 Å². The Labute approximate surface area is 133 Å². The molecule has 1 nitrogen and oxygen atoms in total. The molecule has 0 saturated heterocycles. The van der Waals surface area contributed by atoms with Crippen LogP contribution in [0.5, 0.6) is 0 Å². The van der Waals surface area contributed by atoms with E-state index in [-0.39, 0.29) is 51.4 Å². The summed E-state index contributed by atoms with van der Waals surface area (Å²) in [4.78, 5) is 1.88. The van der Waals surface area contributed by atoms with E-state index in [9.17, 15) is 0 Å². The first-order valence-corrected chi connectivity index (χ1v) is 4.48. The van der Waals surface area contributed by atoms with Crippen LogP contribution < -0.4 is 51.4 Å². The summed E-state index contributed by atoms with van der Waals surface area (Å²) in [6, 6.07) is 10.1. The zero-order chi connectivity index (χ0) is 8.97. The monoisotopic (exact) mass is 235 g/mol. The van der Waals surface area contributed by atoms with Gasteiger partial charge in [0.15, 0.2) is 0 Å². The molecular weight excluding hydrogens is 225 g/mol. The topological polar surface area (TPSA) is 3.24 Å². The van der Waals surface area contributed by atoms with E-state index < -0.39 is 0 Å². The second-order valence-corrected chi connectivity index (χ2v) is 3.64. The molecule has 0 spiro atoms. The molecule has 0 bridgehead atoms. The average Bonchev–Trinajstić information content (AvgIpc) is 2.06. The van der Waals surface area contributed by atoms with Crippen molar-refractivity contribution in [2.45, 2.75) is 6.54 Å². The van der Waals surface area contributed by atoms with Crippen molar-refractivity contribution < 1.29 is 51.4 Å². The Morgan fingerprint density at radius 1 is 1.38 bits per heavy atom. The summed E-state index contributed by atoms with van der Waals surface area (Å²) < 4.78 is 0.513. The normalized spacial score (nSPS) is 8.69.